The van der Waals surface area contributed by atoms with Gasteiger partial charge in [0.05, 0.1) is 10.8 Å². The summed E-state index contributed by atoms with van der Waals surface area (Å²) in [5.41, 5.74) is 5.84. The second-order valence-corrected chi connectivity index (χ2v) is 12.1. The molecule has 0 N–H and O–H groups in total. The van der Waals surface area contributed by atoms with Gasteiger partial charge < -0.3 is 14.4 Å². The molecule has 0 aliphatic rings. The molecule has 0 fully saturated rings. The van der Waals surface area contributed by atoms with Gasteiger partial charge in [0.2, 0.25) is 11.1 Å². The van der Waals surface area contributed by atoms with Crippen molar-refractivity contribution in [2.75, 3.05) is 27.2 Å². The summed E-state index contributed by atoms with van der Waals surface area (Å²) < 4.78 is 2.15. The third-order valence-electron chi connectivity index (χ3n) is 6.81. The molecule has 5 aromatic rings. The van der Waals surface area contributed by atoms with Gasteiger partial charge in [-0.3, -0.25) is 4.79 Å². The molecule has 2 aromatic heterocycles. The van der Waals surface area contributed by atoms with Crippen LogP contribution in [0.3, 0.4) is 0 Å². The first-order valence-corrected chi connectivity index (χ1v) is 14.6. The van der Waals surface area contributed by atoms with Crippen LogP contribution in [0.25, 0.3) is 22.1 Å². The Balaban J connectivity index is 1.45. The van der Waals surface area contributed by atoms with Crippen molar-refractivity contribution in [2.45, 2.75) is 37.3 Å². The van der Waals surface area contributed by atoms with Crippen molar-refractivity contribution in [2.24, 2.45) is 0 Å². The van der Waals surface area contributed by atoms with Gasteiger partial charge in [0.25, 0.3) is 0 Å². The van der Waals surface area contributed by atoms with Crippen LogP contribution in [0.5, 0.6) is 0 Å². The van der Waals surface area contributed by atoms with E-state index >= 15 is 0 Å². The highest BCUT2D eigenvalue weighted by Gasteiger charge is 2.24. The summed E-state index contributed by atoms with van der Waals surface area (Å²) >= 11 is 7.63. The van der Waals surface area contributed by atoms with Gasteiger partial charge in [0.1, 0.15) is 5.52 Å². The number of carbonyl (C=O) groups is 1. The minimum Gasteiger partial charge on any atom is -0.336 e. The molecule has 1 unspecified atom stereocenters. The maximum atomic E-state index is 13.6. The maximum absolute atomic E-state index is 13.6. The van der Waals surface area contributed by atoms with Gasteiger partial charge in [-0.15, -0.1) is 10.2 Å². The maximum Gasteiger partial charge on any atom is 0.236 e. The van der Waals surface area contributed by atoms with E-state index in [2.05, 4.69) is 63.0 Å². The number of carbonyl (C=O) groups excluding carboxylic acids is 1. The minimum absolute atomic E-state index is 0.0505. The van der Waals surface area contributed by atoms with Crippen molar-refractivity contribution in [3.63, 3.8) is 0 Å². The van der Waals surface area contributed by atoms with E-state index in [4.69, 9.17) is 16.6 Å². The number of rotatable bonds is 10. The molecule has 7 nitrogen and oxygen atoms in total. The molecule has 0 saturated carbocycles. The van der Waals surface area contributed by atoms with Gasteiger partial charge in [-0.2, -0.15) is 0 Å². The minimum atomic E-state index is -0.377. The zero-order valence-corrected chi connectivity index (χ0v) is 24.8. The average molecular weight is 573 g/mol. The van der Waals surface area contributed by atoms with Crippen LogP contribution < -0.4 is 0 Å². The lowest BCUT2D eigenvalue weighted by atomic mass is 10.1. The van der Waals surface area contributed by atoms with E-state index < -0.39 is 0 Å². The van der Waals surface area contributed by atoms with E-state index in [-0.39, 0.29) is 11.2 Å². The summed E-state index contributed by atoms with van der Waals surface area (Å²) in [5, 5.41) is 10.9. The fraction of sp³-hybridized carbons (Fsp3) is 0.290. The van der Waals surface area contributed by atoms with E-state index in [1.807, 2.05) is 62.3 Å². The standard InChI is InChI=1S/C31H33ClN6OS/c1-21-13-14-27-26(17-21)28-29(38(27)20-24-11-8-12-25(32)18-24)33-31(35-34-28)40-22(2)30(39)37(16-15-36(3)4)19-23-9-6-5-7-10-23/h5-14,17-18,22H,15-16,19-20H2,1-4H3. The Morgan fingerprint density at radius 1 is 0.975 bits per heavy atom. The first-order chi connectivity index (χ1) is 19.3. The van der Waals surface area contributed by atoms with Crippen LogP contribution in [0.4, 0.5) is 0 Å². The Kier molecular flexibility index (Phi) is 8.69. The second-order valence-electron chi connectivity index (χ2n) is 10.3. The van der Waals surface area contributed by atoms with Gasteiger partial charge in [-0.05, 0) is 63.3 Å². The zero-order valence-electron chi connectivity index (χ0n) is 23.2. The van der Waals surface area contributed by atoms with Crippen molar-refractivity contribution in [3.05, 3.63) is 94.5 Å². The molecule has 206 valence electrons. The average Bonchev–Trinajstić information content (AvgIpc) is 3.22. The highest BCUT2D eigenvalue weighted by molar-refractivity contribution is 8.00. The lowest BCUT2D eigenvalue weighted by Gasteiger charge is -2.27. The number of aryl methyl sites for hydroxylation is 1. The number of nitrogens with zero attached hydrogens (tertiary/aromatic N) is 6. The van der Waals surface area contributed by atoms with Crippen LogP contribution >= 0.6 is 23.4 Å². The number of benzene rings is 3. The lowest BCUT2D eigenvalue weighted by molar-refractivity contribution is -0.131. The fourth-order valence-corrected chi connectivity index (χ4v) is 5.75. The van der Waals surface area contributed by atoms with Gasteiger partial charge in [0, 0.05) is 36.6 Å². The third-order valence-corrected chi connectivity index (χ3v) is 7.98. The molecule has 0 radical (unpaired) electrons. The molecule has 40 heavy (non-hydrogen) atoms. The molecular formula is C31H33ClN6OS. The van der Waals surface area contributed by atoms with Crippen molar-refractivity contribution in [3.8, 4) is 0 Å². The molecule has 1 atom stereocenters. The quantitative estimate of drug-likeness (QED) is 0.189. The summed E-state index contributed by atoms with van der Waals surface area (Å²) in [6.45, 7) is 6.55. The molecule has 9 heteroatoms. The van der Waals surface area contributed by atoms with Crippen molar-refractivity contribution < 1.29 is 4.79 Å². The molecule has 1 amide bonds. The van der Waals surface area contributed by atoms with Gasteiger partial charge in [0.15, 0.2) is 5.65 Å². The first-order valence-electron chi connectivity index (χ1n) is 13.3. The monoisotopic (exact) mass is 572 g/mol. The molecule has 0 spiro atoms. The predicted molar refractivity (Wildman–Crippen MR) is 164 cm³/mol. The lowest BCUT2D eigenvalue weighted by Crippen LogP contribution is -2.40. The van der Waals surface area contributed by atoms with E-state index in [0.29, 0.717) is 29.8 Å². The highest BCUT2D eigenvalue weighted by Crippen LogP contribution is 2.30. The number of thioether (sulfide) groups is 1. The van der Waals surface area contributed by atoms with E-state index in [1.54, 1.807) is 0 Å². The summed E-state index contributed by atoms with van der Waals surface area (Å²) in [5.74, 6) is 0.0505. The van der Waals surface area contributed by atoms with Gasteiger partial charge >= 0.3 is 0 Å². The number of hydrogen-bond donors (Lipinski definition) is 0. The smallest absolute Gasteiger partial charge is 0.236 e. The molecule has 5 rings (SSSR count). The van der Waals surface area contributed by atoms with E-state index in [0.717, 1.165) is 45.3 Å². The number of likely N-dealkylation sites (N-methyl/N-ethyl adjacent to an activating group) is 1. The molecule has 0 aliphatic carbocycles. The Labute approximate surface area is 244 Å². The van der Waals surface area contributed by atoms with Crippen molar-refractivity contribution >= 4 is 51.3 Å². The van der Waals surface area contributed by atoms with Crippen LogP contribution in [0.2, 0.25) is 5.02 Å². The number of hydrogen-bond acceptors (Lipinski definition) is 6. The number of halogens is 1. The Hall–Kier alpha value is -3.46. The van der Waals surface area contributed by atoms with Crippen molar-refractivity contribution in [1.82, 2.24) is 29.5 Å². The summed E-state index contributed by atoms with van der Waals surface area (Å²) in [7, 11) is 4.03. The predicted octanol–water partition coefficient (Wildman–Crippen LogP) is 6.06. The largest absolute Gasteiger partial charge is 0.336 e. The number of aromatic nitrogens is 4. The zero-order chi connectivity index (χ0) is 28.2. The SMILES string of the molecule is Cc1ccc2c(c1)c1nnc(SC(C)C(=O)N(CCN(C)C)Cc3ccccc3)nc1n2Cc1cccc(Cl)c1. The van der Waals surface area contributed by atoms with Crippen LogP contribution in [0.15, 0.2) is 78.0 Å². The van der Waals surface area contributed by atoms with Gasteiger partial charge in [-0.1, -0.05) is 77.5 Å². The molecule has 0 saturated heterocycles. The Morgan fingerprint density at radius 2 is 1.75 bits per heavy atom. The van der Waals surface area contributed by atoms with Crippen LogP contribution in [-0.2, 0) is 17.9 Å². The van der Waals surface area contributed by atoms with E-state index in [9.17, 15) is 4.79 Å². The highest BCUT2D eigenvalue weighted by atomic mass is 35.5. The number of amides is 1. The molecule has 2 heterocycles. The van der Waals surface area contributed by atoms with E-state index in [1.165, 1.54) is 11.8 Å². The molecule has 3 aromatic carbocycles. The summed E-state index contributed by atoms with van der Waals surface area (Å²) in [6, 6.07) is 24.2. The molecule has 0 bridgehead atoms. The van der Waals surface area contributed by atoms with Crippen molar-refractivity contribution in [1.29, 1.82) is 0 Å². The topological polar surface area (TPSA) is 67.2 Å². The normalized spacial score (nSPS) is 12.3. The third kappa shape index (κ3) is 6.46. The first kappa shape index (κ1) is 28.1. The molecular weight excluding hydrogens is 540 g/mol. The number of fused-ring (bicyclic) bond motifs is 3. The molecule has 0 aliphatic heterocycles. The van der Waals surface area contributed by atoms with Crippen LogP contribution in [0.1, 0.15) is 23.6 Å². The summed E-state index contributed by atoms with van der Waals surface area (Å²) in [4.78, 5) is 22.6. The fourth-order valence-electron chi connectivity index (χ4n) is 4.74. The van der Waals surface area contributed by atoms with Crippen LogP contribution in [0, 0.1) is 6.92 Å². The summed E-state index contributed by atoms with van der Waals surface area (Å²) in [6.07, 6.45) is 0. The van der Waals surface area contributed by atoms with Gasteiger partial charge in [-0.25, -0.2) is 4.98 Å². The Morgan fingerprint density at radius 3 is 2.50 bits per heavy atom. The van der Waals surface area contributed by atoms with Crippen LogP contribution in [-0.4, -0.2) is 67.9 Å². The second kappa shape index (κ2) is 12.4. The Bertz CT molecular complexity index is 1640.